The number of carbonyl (C=O) groups excluding carboxylic acids is 3. The zero-order valence-electron chi connectivity index (χ0n) is 18.6. The number of rotatable bonds is 9. The average Bonchev–Trinajstić information content (AvgIpc) is 3.44. The van der Waals surface area contributed by atoms with Gasteiger partial charge < -0.3 is 24.4 Å². The summed E-state index contributed by atoms with van der Waals surface area (Å²) in [7, 11) is 0. The van der Waals surface area contributed by atoms with Crippen molar-refractivity contribution >= 4 is 35.1 Å². The molecule has 0 radical (unpaired) electrons. The summed E-state index contributed by atoms with van der Waals surface area (Å²) in [6, 6.07) is 6.04. The first kappa shape index (κ1) is 23.7. The molecule has 2 bridgehead atoms. The average molecular weight is 477 g/mol. The quantitative estimate of drug-likeness (QED) is 0.433. The molecule has 3 aliphatic heterocycles. The van der Waals surface area contributed by atoms with Gasteiger partial charge in [-0.05, 0) is 38.3 Å². The number of benzene rings is 1. The Hall–Kier alpha value is -2.42. The Morgan fingerprint density at radius 3 is 2.85 bits per heavy atom. The Kier molecular flexibility index (Phi) is 6.79. The highest BCUT2D eigenvalue weighted by molar-refractivity contribution is 6.34. The molecule has 4 rings (SSSR count). The predicted octanol–water partition coefficient (Wildman–Crippen LogP) is 2.18. The number of halogens is 1. The molecule has 1 N–H and O–H groups in total. The lowest BCUT2D eigenvalue weighted by molar-refractivity contribution is -0.154. The summed E-state index contributed by atoms with van der Waals surface area (Å²) in [5.41, 5.74) is -0.611. The van der Waals surface area contributed by atoms with Crippen LogP contribution in [0.1, 0.15) is 26.2 Å². The van der Waals surface area contributed by atoms with Crippen LogP contribution in [0.5, 0.6) is 0 Å². The monoisotopic (exact) mass is 476 g/mol. The second-order valence-electron chi connectivity index (χ2n) is 8.61. The standard InChI is InChI=1S/C24H29ClN2O6/c1-3-12-26(16-9-6-5-8-15(16)25)22(30)20-24-11-10-17(33-24)18(23(31)32-4-2)19(24)21(29)27(20)13-7-14-28/h3,5-6,8-9,17-20,28H,1,4,7,10-14H2,2H3/t17-,18+,19+,20?,24?/m1/s1. The topological polar surface area (TPSA) is 96.4 Å². The number of esters is 1. The number of nitrogens with zero attached hydrogens (tertiary/aromatic N) is 2. The van der Waals surface area contributed by atoms with Crippen molar-refractivity contribution in [2.45, 2.75) is 43.9 Å². The van der Waals surface area contributed by atoms with Crippen molar-refractivity contribution in [2.75, 3.05) is 31.2 Å². The van der Waals surface area contributed by atoms with Crippen LogP contribution in [0.15, 0.2) is 36.9 Å². The fraction of sp³-hybridized carbons (Fsp3) is 0.542. The van der Waals surface area contributed by atoms with E-state index in [1.54, 1.807) is 37.3 Å². The maximum atomic E-state index is 14.1. The first-order valence-electron chi connectivity index (χ1n) is 11.3. The van der Waals surface area contributed by atoms with Crippen LogP contribution in [0, 0.1) is 11.8 Å². The number of ether oxygens (including phenoxy) is 2. The van der Waals surface area contributed by atoms with Crippen molar-refractivity contribution in [3.8, 4) is 0 Å². The number of hydrogen-bond donors (Lipinski definition) is 1. The molecule has 5 atom stereocenters. The van der Waals surface area contributed by atoms with Gasteiger partial charge in [0.05, 0.1) is 35.3 Å². The third-order valence-corrected chi connectivity index (χ3v) is 7.19. The fourth-order valence-corrected chi connectivity index (χ4v) is 5.91. The van der Waals surface area contributed by atoms with Crippen molar-refractivity contribution < 1.29 is 29.0 Å². The molecule has 0 aromatic heterocycles. The molecule has 8 nitrogen and oxygen atoms in total. The van der Waals surface area contributed by atoms with Gasteiger partial charge in [0.25, 0.3) is 5.91 Å². The van der Waals surface area contributed by atoms with E-state index in [0.29, 0.717) is 30.0 Å². The molecule has 0 saturated carbocycles. The van der Waals surface area contributed by atoms with Gasteiger partial charge in [0.2, 0.25) is 5.91 Å². The lowest BCUT2D eigenvalue weighted by Crippen LogP contribution is -2.56. The second kappa shape index (κ2) is 9.44. The van der Waals surface area contributed by atoms with Crippen LogP contribution in [-0.4, -0.2) is 71.8 Å². The Morgan fingerprint density at radius 1 is 1.42 bits per heavy atom. The van der Waals surface area contributed by atoms with E-state index in [4.69, 9.17) is 21.1 Å². The van der Waals surface area contributed by atoms with Crippen LogP contribution in [-0.2, 0) is 23.9 Å². The molecule has 1 aromatic rings. The number of aliphatic hydroxyl groups excluding tert-OH is 1. The zero-order valence-corrected chi connectivity index (χ0v) is 19.4. The van der Waals surface area contributed by atoms with E-state index in [-0.39, 0.29) is 38.1 Å². The number of hydrogen-bond acceptors (Lipinski definition) is 6. The van der Waals surface area contributed by atoms with Crippen molar-refractivity contribution in [1.29, 1.82) is 0 Å². The van der Waals surface area contributed by atoms with Gasteiger partial charge in [-0.3, -0.25) is 14.4 Å². The normalized spacial score (nSPS) is 29.8. The first-order valence-corrected chi connectivity index (χ1v) is 11.7. The molecule has 9 heteroatoms. The molecule has 1 spiro atoms. The van der Waals surface area contributed by atoms with Gasteiger partial charge in [-0.15, -0.1) is 6.58 Å². The molecule has 3 saturated heterocycles. The summed E-state index contributed by atoms with van der Waals surface area (Å²) in [6.45, 7) is 5.93. The second-order valence-corrected chi connectivity index (χ2v) is 9.01. The Morgan fingerprint density at radius 2 is 2.18 bits per heavy atom. The molecule has 0 aliphatic carbocycles. The van der Waals surface area contributed by atoms with E-state index in [1.165, 1.54) is 9.80 Å². The zero-order chi connectivity index (χ0) is 23.8. The molecule has 178 valence electrons. The number of amides is 2. The Bertz CT molecular complexity index is 955. The third kappa shape index (κ3) is 3.74. The number of aliphatic hydroxyl groups is 1. The van der Waals surface area contributed by atoms with E-state index < -0.39 is 35.6 Å². The summed E-state index contributed by atoms with van der Waals surface area (Å²) >= 11 is 6.41. The van der Waals surface area contributed by atoms with E-state index in [1.807, 2.05) is 0 Å². The number of fused-ring (bicyclic) bond motifs is 1. The number of likely N-dealkylation sites (tertiary alicyclic amines) is 1. The van der Waals surface area contributed by atoms with Gasteiger partial charge in [-0.2, -0.15) is 0 Å². The summed E-state index contributed by atoms with van der Waals surface area (Å²) in [4.78, 5) is 43.5. The maximum Gasteiger partial charge on any atom is 0.312 e. The summed E-state index contributed by atoms with van der Waals surface area (Å²) in [5, 5.41) is 9.82. The highest BCUT2D eigenvalue weighted by atomic mass is 35.5. The van der Waals surface area contributed by atoms with Crippen LogP contribution >= 0.6 is 11.6 Å². The van der Waals surface area contributed by atoms with E-state index >= 15 is 0 Å². The molecular weight excluding hydrogens is 448 g/mol. The van der Waals surface area contributed by atoms with Crippen LogP contribution in [0.25, 0.3) is 0 Å². The van der Waals surface area contributed by atoms with Crippen LogP contribution < -0.4 is 4.90 Å². The minimum atomic E-state index is -1.12. The van der Waals surface area contributed by atoms with E-state index in [0.717, 1.165) is 0 Å². The molecular formula is C24H29ClN2O6. The molecule has 1 aromatic carbocycles. The molecule has 3 aliphatic rings. The largest absolute Gasteiger partial charge is 0.466 e. The highest BCUT2D eigenvalue weighted by Crippen LogP contribution is 2.59. The molecule has 2 amide bonds. The summed E-state index contributed by atoms with van der Waals surface area (Å²) < 4.78 is 11.6. The molecule has 3 heterocycles. The first-order chi connectivity index (χ1) is 15.9. The van der Waals surface area contributed by atoms with E-state index in [9.17, 15) is 19.5 Å². The van der Waals surface area contributed by atoms with Crippen molar-refractivity contribution in [3.63, 3.8) is 0 Å². The van der Waals surface area contributed by atoms with Gasteiger partial charge in [0.15, 0.2) is 0 Å². The number of carbonyl (C=O) groups is 3. The smallest absolute Gasteiger partial charge is 0.312 e. The highest BCUT2D eigenvalue weighted by Gasteiger charge is 2.75. The minimum Gasteiger partial charge on any atom is -0.466 e. The van der Waals surface area contributed by atoms with Crippen molar-refractivity contribution in [1.82, 2.24) is 4.90 Å². The van der Waals surface area contributed by atoms with Gasteiger partial charge in [0.1, 0.15) is 11.6 Å². The van der Waals surface area contributed by atoms with Gasteiger partial charge in [-0.1, -0.05) is 29.8 Å². The van der Waals surface area contributed by atoms with Gasteiger partial charge >= 0.3 is 5.97 Å². The lowest BCUT2D eigenvalue weighted by atomic mass is 9.70. The van der Waals surface area contributed by atoms with Crippen LogP contribution in [0.2, 0.25) is 5.02 Å². The van der Waals surface area contributed by atoms with Crippen LogP contribution in [0.4, 0.5) is 5.69 Å². The van der Waals surface area contributed by atoms with Crippen molar-refractivity contribution in [2.24, 2.45) is 11.8 Å². The van der Waals surface area contributed by atoms with E-state index in [2.05, 4.69) is 6.58 Å². The molecule has 2 unspecified atom stereocenters. The van der Waals surface area contributed by atoms with Crippen LogP contribution in [0.3, 0.4) is 0 Å². The fourth-order valence-electron chi connectivity index (χ4n) is 5.67. The number of para-hydroxylation sites is 1. The molecule has 33 heavy (non-hydrogen) atoms. The summed E-state index contributed by atoms with van der Waals surface area (Å²) in [5.74, 6) is -2.65. The van der Waals surface area contributed by atoms with Crippen molar-refractivity contribution in [3.05, 3.63) is 41.9 Å². The predicted molar refractivity (Wildman–Crippen MR) is 122 cm³/mol. The SMILES string of the molecule is C=CCN(C(=O)C1N(CCCO)C(=O)[C@@H]2[C@@H](C(=O)OCC)[C@H]3CCC12O3)c1ccccc1Cl. The minimum absolute atomic E-state index is 0.131. The van der Waals surface area contributed by atoms with Gasteiger partial charge in [0, 0.05) is 19.7 Å². The lowest BCUT2D eigenvalue weighted by Gasteiger charge is -2.37. The number of anilines is 1. The third-order valence-electron chi connectivity index (χ3n) is 6.87. The molecule has 3 fully saturated rings. The Labute approximate surface area is 198 Å². The van der Waals surface area contributed by atoms with Gasteiger partial charge in [-0.25, -0.2) is 0 Å². The Balaban J connectivity index is 1.77. The summed E-state index contributed by atoms with van der Waals surface area (Å²) in [6.07, 6.45) is 2.50. The maximum absolute atomic E-state index is 14.1.